The van der Waals surface area contributed by atoms with Gasteiger partial charge >= 0.3 is 7.12 Å². The number of aromatic nitrogens is 1. The van der Waals surface area contributed by atoms with Gasteiger partial charge in [-0.3, -0.25) is 0 Å². The summed E-state index contributed by atoms with van der Waals surface area (Å²) in [6.45, 7) is -0.198. The Bertz CT molecular complexity index is 292. The van der Waals surface area contributed by atoms with Crippen LogP contribution in [0.4, 0.5) is 0 Å². The van der Waals surface area contributed by atoms with E-state index in [4.69, 9.17) is 19.9 Å². The molecule has 0 radical (unpaired) electrons. The van der Waals surface area contributed by atoms with Crippen LogP contribution in [0.1, 0.15) is 5.56 Å². The number of aliphatic hydroxyl groups excluding tert-OH is 1. The van der Waals surface area contributed by atoms with E-state index >= 15 is 0 Å². The number of hydrogen-bond donors (Lipinski definition) is 3. The lowest BCUT2D eigenvalue weighted by Crippen LogP contribution is -2.32. The molecule has 0 aliphatic heterocycles. The minimum Gasteiger partial charge on any atom is -0.481 e. The molecule has 6 heteroatoms. The molecule has 0 aliphatic rings. The molecule has 3 N–H and O–H groups in total. The van der Waals surface area contributed by atoms with Gasteiger partial charge in [0, 0.05) is 11.7 Å². The Hall–Kier alpha value is -1.11. The van der Waals surface area contributed by atoms with Crippen molar-refractivity contribution in [3.63, 3.8) is 0 Å². The maximum Gasteiger partial charge on any atom is 0.494 e. The third-order valence-electron chi connectivity index (χ3n) is 1.59. The maximum atomic E-state index is 8.91. The normalized spacial score (nSPS) is 9.85. The molecule has 5 nitrogen and oxygen atoms in total. The maximum absolute atomic E-state index is 8.91. The van der Waals surface area contributed by atoms with Gasteiger partial charge in [0.05, 0.1) is 13.7 Å². The molecule has 70 valence electrons. The molecule has 0 bridgehead atoms. The molecule has 13 heavy (non-hydrogen) atoms. The molecule has 0 saturated carbocycles. The lowest BCUT2D eigenvalue weighted by atomic mass is 9.80. The van der Waals surface area contributed by atoms with Crippen molar-refractivity contribution in [2.75, 3.05) is 7.11 Å². The van der Waals surface area contributed by atoms with Gasteiger partial charge in [-0.25, -0.2) is 4.98 Å². The first kappa shape index (κ1) is 9.98. The highest BCUT2D eigenvalue weighted by Gasteiger charge is 2.18. The zero-order valence-electron chi connectivity index (χ0n) is 7.14. The summed E-state index contributed by atoms with van der Waals surface area (Å²) in [5, 5.41) is 26.6. The molecule has 0 fully saturated rings. The first-order valence-corrected chi connectivity index (χ1v) is 3.69. The van der Waals surface area contributed by atoms with Crippen LogP contribution in [0.3, 0.4) is 0 Å². The molecule has 1 heterocycles. The second-order valence-corrected chi connectivity index (χ2v) is 2.47. The number of nitrogens with zero attached hydrogens (tertiary/aromatic N) is 1. The monoisotopic (exact) mass is 183 g/mol. The second kappa shape index (κ2) is 4.22. The van der Waals surface area contributed by atoms with E-state index in [1.807, 2.05) is 0 Å². The van der Waals surface area contributed by atoms with Crippen molar-refractivity contribution < 1.29 is 19.9 Å². The fourth-order valence-corrected chi connectivity index (χ4v) is 0.957. The van der Waals surface area contributed by atoms with E-state index in [2.05, 4.69) is 4.98 Å². The molecule has 0 aromatic carbocycles. The van der Waals surface area contributed by atoms with Crippen molar-refractivity contribution >= 4 is 12.6 Å². The van der Waals surface area contributed by atoms with E-state index in [-0.39, 0.29) is 17.9 Å². The van der Waals surface area contributed by atoms with Crippen LogP contribution in [0.15, 0.2) is 12.3 Å². The number of aliphatic hydroxyl groups is 1. The summed E-state index contributed by atoms with van der Waals surface area (Å²) in [5.41, 5.74) is 0.651. The number of methoxy groups -OCH3 is 1. The van der Waals surface area contributed by atoms with Gasteiger partial charge in [0.25, 0.3) is 0 Å². The Kier molecular flexibility index (Phi) is 3.24. The summed E-state index contributed by atoms with van der Waals surface area (Å²) in [5.74, 6) is 0.146. The minimum atomic E-state index is -1.64. The van der Waals surface area contributed by atoms with Crippen LogP contribution >= 0.6 is 0 Å². The van der Waals surface area contributed by atoms with Gasteiger partial charge in [0.2, 0.25) is 5.88 Å². The molecule has 1 rings (SSSR count). The van der Waals surface area contributed by atoms with Crippen LogP contribution in [-0.4, -0.2) is 34.4 Å². The van der Waals surface area contributed by atoms with Crippen LogP contribution < -0.4 is 10.2 Å². The van der Waals surface area contributed by atoms with Gasteiger partial charge in [-0.05, 0) is 5.56 Å². The average molecular weight is 183 g/mol. The summed E-state index contributed by atoms with van der Waals surface area (Å²) in [7, 11) is -0.263. The molecule has 0 spiro atoms. The Morgan fingerprint density at radius 2 is 2.23 bits per heavy atom. The second-order valence-electron chi connectivity index (χ2n) is 2.47. The minimum absolute atomic E-state index is 0.146. The van der Waals surface area contributed by atoms with Gasteiger partial charge in [0.15, 0.2) is 0 Å². The molecule has 0 unspecified atom stereocenters. The fraction of sp³-hybridized carbons (Fsp3) is 0.286. The van der Waals surface area contributed by atoms with Crippen LogP contribution in [0, 0.1) is 0 Å². The first-order chi connectivity index (χ1) is 6.19. The van der Waals surface area contributed by atoms with E-state index in [1.165, 1.54) is 19.4 Å². The third-order valence-corrected chi connectivity index (χ3v) is 1.59. The summed E-state index contributed by atoms with van der Waals surface area (Å²) in [6.07, 6.45) is 1.41. The van der Waals surface area contributed by atoms with Crippen molar-refractivity contribution in [1.82, 2.24) is 4.98 Å². The lowest BCUT2D eigenvalue weighted by molar-refractivity contribution is 0.281. The summed E-state index contributed by atoms with van der Waals surface area (Å²) in [6, 6.07) is 1.43. The van der Waals surface area contributed by atoms with Gasteiger partial charge in [-0.1, -0.05) is 6.07 Å². The molecule has 1 aromatic rings. The molecular weight excluding hydrogens is 173 g/mol. The highest BCUT2D eigenvalue weighted by Crippen LogP contribution is 2.04. The largest absolute Gasteiger partial charge is 0.494 e. The topological polar surface area (TPSA) is 82.8 Å². The predicted octanol–water partition coefficient (Wildman–Crippen LogP) is -1.74. The van der Waals surface area contributed by atoms with Crippen molar-refractivity contribution in [3.8, 4) is 5.88 Å². The Morgan fingerprint density at radius 3 is 2.69 bits per heavy atom. The van der Waals surface area contributed by atoms with Crippen LogP contribution in [0.2, 0.25) is 0 Å². The summed E-state index contributed by atoms with van der Waals surface area (Å²) >= 11 is 0. The standard InChI is InChI=1S/C7H10BNO4/c1-13-7-6(8(11)12)2-5(4-10)3-9-7/h2-3,10-12H,4H2,1H3. The van der Waals surface area contributed by atoms with E-state index in [0.717, 1.165) is 0 Å². The SMILES string of the molecule is COc1ncc(CO)cc1B(O)O. The molecule has 1 aromatic heterocycles. The highest BCUT2D eigenvalue weighted by molar-refractivity contribution is 6.59. The van der Waals surface area contributed by atoms with Crippen molar-refractivity contribution in [3.05, 3.63) is 17.8 Å². The van der Waals surface area contributed by atoms with Crippen LogP contribution in [0.5, 0.6) is 5.88 Å². The number of ether oxygens (including phenoxy) is 1. The zero-order valence-corrected chi connectivity index (χ0v) is 7.14. The summed E-state index contributed by atoms with van der Waals surface area (Å²) in [4.78, 5) is 3.79. The lowest BCUT2D eigenvalue weighted by Gasteiger charge is -2.07. The predicted molar refractivity (Wildman–Crippen MR) is 46.5 cm³/mol. The smallest absolute Gasteiger partial charge is 0.481 e. The fourth-order valence-electron chi connectivity index (χ4n) is 0.957. The van der Waals surface area contributed by atoms with Gasteiger partial charge in [-0.15, -0.1) is 0 Å². The summed E-state index contributed by atoms with van der Waals surface area (Å²) < 4.78 is 4.79. The molecule has 0 atom stereocenters. The number of hydrogen-bond acceptors (Lipinski definition) is 5. The van der Waals surface area contributed by atoms with Crippen molar-refractivity contribution in [2.45, 2.75) is 6.61 Å². The molecule has 0 aliphatic carbocycles. The third kappa shape index (κ3) is 2.18. The number of rotatable bonds is 3. The zero-order chi connectivity index (χ0) is 9.84. The molecule has 0 saturated heterocycles. The van der Waals surface area contributed by atoms with Gasteiger partial charge in [-0.2, -0.15) is 0 Å². The molecule has 0 amide bonds. The van der Waals surface area contributed by atoms with Crippen LogP contribution in [0.25, 0.3) is 0 Å². The first-order valence-electron chi connectivity index (χ1n) is 3.69. The van der Waals surface area contributed by atoms with E-state index in [1.54, 1.807) is 0 Å². The van der Waals surface area contributed by atoms with Crippen molar-refractivity contribution in [2.24, 2.45) is 0 Å². The average Bonchev–Trinajstić information content (AvgIpc) is 2.16. The van der Waals surface area contributed by atoms with Gasteiger partial charge < -0.3 is 19.9 Å². The van der Waals surface area contributed by atoms with E-state index in [0.29, 0.717) is 5.56 Å². The number of pyridine rings is 1. The molecular formula is C7H10BNO4. The van der Waals surface area contributed by atoms with Crippen LogP contribution in [-0.2, 0) is 6.61 Å². The Morgan fingerprint density at radius 1 is 1.54 bits per heavy atom. The van der Waals surface area contributed by atoms with E-state index in [9.17, 15) is 0 Å². The quantitative estimate of drug-likeness (QED) is 0.484. The van der Waals surface area contributed by atoms with Gasteiger partial charge in [0.1, 0.15) is 0 Å². The highest BCUT2D eigenvalue weighted by atomic mass is 16.5. The Balaban J connectivity index is 3.10. The van der Waals surface area contributed by atoms with Crippen molar-refractivity contribution in [1.29, 1.82) is 0 Å². The van der Waals surface area contributed by atoms with E-state index < -0.39 is 7.12 Å². The Labute approximate surface area is 75.8 Å².